The summed E-state index contributed by atoms with van der Waals surface area (Å²) >= 11 is 3.25. The van der Waals surface area contributed by atoms with Crippen molar-refractivity contribution in [2.45, 2.75) is 30.2 Å². The number of urea groups is 1. The minimum atomic E-state index is -2.65. The fourth-order valence-corrected chi connectivity index (χ4v) is 5.48. The van der Waals surface area contributed by atoms with Gasteiger partial charge in [0.25, 0.3) is 5.91 Å². The summed E-state index contributed by atoms with van der Waals surface area (Å²) in [5, 5.41) is 4.14. The summed E-state index contributed by atoms with van der Waals surface area (Å²) in [6.07, 6.45) is 5.78. The first-order chi connectivity index (χ1) is 15.9. The van der Waals surface area contributed by atoms with Gasteiger partial charge >= 0.3 is 6.03 Å². The Bertz CT molecular complexity index is 1020. The molecule has 2 saturated heterocycles. The van der Waals surface area contributed by atoms with Gasteiger partial charge in [-0.25, -0.2) is 19.7 Å². The molecule has 0 saturated carbocycles. The third-order valence-electron chi connectivity index (χ3n) is 5.85. The molecule has 33 heavy (non-hydrogen) atoms. The van der Waals surface area contributed by atoms with Gasteiger partial charge in [0, 0.05) is 51.2 Å². The van der Waals surface area contributed by atoms with Gasteiger partial charge in [0.05, 0.1) is 5.02 Å². The molecule has 0 aliphatic carbocycles. The molecular weight excluding hydrogens is 470 g/mol. The number of halogens is 1. The molecule has 2 fully saturated rings. The quantitative estimate of drug-likeness (QED) is 0.396. The summed E-state index contributed by atoms with van der Waals surface area (Å²) in [5.41, 5.74) is -1.60. The Morgan fingerprint density at radius 3 is 2.45 bits per heavy atom. The summed E-state index contributed by atoms with van der Waals surface area (Å²) in [4.78, 5) is 41.3. The van der Waals surface area contributed by atoms with E-state index in [0.717, 1.165) is 5.82 Å². The highest BCUT2D eigenvalue weighted by Crippen LogP contribution is 2.30. The van der Waals surface area contributed by atoms with E-state index in [1.54, 1.807) is 41.7 Å². The number of hydrogen-bond donors (Lipinski definition) is 2. The Kier molecular flexibility index (Phi) is 7.17. The van der Waals surface area contributed by atoms with Gasteiger partial charge in [-0.2, -0.15) is 0 Å². The molecule has 4 heterocycles. The van der Waals surface area contributed by atoms with E-state index in [9.17, 15) is 18.4 Å². The van der Waals surface area contributed by atoms with Gasteiger partial charge in [-0.1, -0.05) is 11.6 Å². The monoisotopic (exact) mass is 492 g/mol. The SMILES string of the molecule is O=C1NC(=O)C(CCCc2ncccn2)(C(N2CCN(c3ccc(Cl)cn3)CC2)S(=O)[O-])N1. The highest BCUT2D eigenvalue weighted by atomic mass is 35.5. The van der Waals surface area contributed by atoms with E-state index in [1.165, 1.54) is 0 Å². The average molecular weight is 493 g/mol. The largest absolute Gasteiger partial charge is 0.771 e. The standard InChI is InChI=1S/C20H24ClN7O4S/c21-14-4-5-16(24-13-14)27-9-11-28(12-10-27)18(33(31)32)20(17(29)25-19(30)26-20)6-1-3-15-22-7-2-8-23-15/h2,4-5,7-8,13,18H,1,3,6,9-12H2,(H,31,32)(H2,25,26,29,30)/p-1. The van der Waals surface area contributed by atoms with Gasteiger partial charge in [0.15, 0.2) is 0 Å². The molecule has 2 aliphatic heterocycles. The van der Waals surface area contributed by atoms with Gasteiger partial charge in [0.1, 0.15) is 22.6 Å². The number of nitrogens with one attached hydrogen (secondary N) is 2. The van der Waals surface area contributed by atoms with E-state index in [-0.39, 0.29) is 6.42 Å². The molecule has 2 aliphatic rings. The van der Waals surface area contributed by atoms with Crippen molar-refractivity contribution in [3.05, 3.63) is 47.6 Å². The smallest absolute Gasteiger partial charge is 0.322 e. The van der Waals surface area contributed by atoms with Crippen LogP contribution < -0.4 is 15.5 Å². The van der Waals surface area contributed by atoms with Gasteiger partial charge in [-0.15, -0.1) is 0 Å². The first kappa shape index (κ1) is 23.5. The summed E-state index contributed by atoms with van der Waals surface area (Å²) in [5.74, 6) is 0.682. The Labute approximate surface area is 198 Å². The number of piperazine rings is 1. The van der Waals surface area contributed by atoms with E-state index in [1.807, 2.05) is 4.90 Å². The Morgan fingerprint density at radius 2 is 1.88 bits per heavy atom. The van der Waals surface area contributed by atoms with Crippen molar-refractivity contribution in [3.8, 4) is 0 Å². The maximum absolute atomic E-state index is 12.9. The lowest BCUT2D eigenvalue weighted by molar-refractivity contribution is -0.125. The lowest BCUT2D eigenvalue weighted by Gasteiger charge is -2.46. The summed E-state index contributed by atoms with van der Waals surface area (Å²) in [6, 6.07) is 4.55. The van der Waals surface area contributed by atoms with Crippen molar-refractivity contribution in [3.63, 3.8) is 0 Å². The number of aromatic nitrogens is 3. The predicted molar refractivity (Wildman–Crippen MR) is 120 cm³/mol. The van der Waals surface area contributed by atoms with Gasteiger partial charge in [0.2, 0.25) is 0 Å². The van der Waals surface area contributed by atoms with Crippen LogP contribution in [0, 0.1) is 0 Å². The molecule has 176 valence electrons. The zero-order valence-electron chi connectivity index (χ0n) is 17.6. The minimum absolute atomic E-state index is 0.125. The Morgan fingerprint density at radius 1 is 1.15 bits per heavy atom. The molecule has 13 heteroatoms. The maximum Gasteiger partial charge on any atom is 0.322 e. The Balaban J connectivity index is 1.50. The number of hydrogen-bond acceptors (Lipinski definition) is 9. The third kappa shape index (κ3) is 5.13. The molecule has 0 radical (unpaired) electrons. The predicted octanol–water partition coefficient (Wildman–Crippen LogP) is 0.453. The van der Waals surface area contributed by atoms with Crippen LogP contribution in [0.4, 0.5) is 10.6 Å². The molecular formula is C20H23ClN7O4S-. The highest BCUT2D eigenvalue weighted by molar-refractivity contribution is 7.79. The number of imide groups is 1. The van der Waals surface area contributed by atoms with Crippen LogP contribution in [0.1, 0.15) is 18.7 Å². The maximum atomic E-state index is 12.9. The highest BCUT2D eigenvalue weighted by Gasteiger charge is 2.54. The zero-order chi connectivity index (χ0) is 23.4. The van der Waals surface area contributed by atoms with E-state index in [2.05, 4.69) is 25.6 Å². The van der Waals surface area contributed by atoms with E-state index < -0.39 is 33.9 Å². The second-order valence-corrected chi connectivity index (χ2v) is 9.27. The second-order valence-electron chi connectivity index (χ2n) is 7.87. The van der Waals surface area contributed by atoms with Crippen LogP contribution in [0.5, 0.6) is 0 Å². The van der Waals surface area contributed by atoms with Crippen LogP contribution in [0.3, 0.4) is 0 Å². The zero-order valence-corrected chi connectivity index (χ0v) is 19.2. The van der Waals surface area contributed by atoms with Gasteiger partial charge in [-0.3, -0.25) is 19.2 Å². The van der Waals surface area contributed by atoms with Crippen molar-refractivity contribution in [1.82, 2.24) is 30.5 Å². The molecule has 2 N–H and O–H groups in total. The van der Waals surface area contributed by atoms with Crippen LogP contribution in [-0.2, 0) is 22.3 Å². The second kappa shape index (κ2) is 10.1. The van der Waals surface area contributed by atoms with Gasteiger partial charge < -0.3 is 14.8 Å². The molecule has 0 aromatic carbocycles. The number of rotatable bonds is 8. The number of nitrogens with zero attached hydrogens (tertiary/aromatic N) is 5. The van der Waals surface area contributed by atoms with Gasteiger partial charge in [-0.05, 0) is 42.1 Å². The molecule has 3 amide bonds. The third-order valence-corrected chi connectivity index (χ3v) is 7.13. The van der Waals surface area contributed by atoms with Crippen LogP contribution in [0.25, 0.3) is 0 Å². The van der Waals surface area contributed by atoms with Crippen molar-refractivity contribution in [2.75, 3.05) is 31.1 Å². The number of pyridine rings is 1. The molecule has 11 nitrogen and oxygen atoms in total. The minimum Gasteiger partial charge on any atom is -0.771 e. The fourth-order valence-electron chi connectivity index (χ4n) is 4.30. The summed E-state index contributed by atoms with van der Waals surface area (Å²) in [6.45, 7) is 1.75. The van der Waals surface area contributed by atoms with Crippen molar-refractivity contribution < 1.29 is 18.4 Å². The molecule has 2 aromatic heterocycles. The molecule has 3 unspecified atom stereocenters. The summed E-state index contributed by atoms with van der Waals surface area (Å²) < 4.78 is 24.9. The molecule has 4 rings (SSSR count). The topological polar surface area (TPSA) is 143 Å². The van der Waals surface area contributed by atoms with Crippen molar-refractivity contribution in [1.29, 1.82) is 0 Å². The average Bonchev–Trinajstić information content (AvgIpc) is 3.08. The van der Waals surface area contributed by atoms with E-state index in [0.29, 0.717) is 49.9 Å². The number of carbonyl (C=O) groups excluding carboxylic acids is 2. The lowest BCUT2D eigenvalue weighted by atomic mass is 9.91. The molecule has 0 bridgehead atoms. The van der Waals surface area contributed by atoms with E-state index >= 15 is 0 Å². The number of carbonyl (C=O) groups is 2. The summed E-state index contributed by atoms with van der Waals surface area (Å²) in [7, 11) is 0. The first-order valence-corrected chi connectivity index (χ1v) is 12.0. The van der Waals surface area contributed by atoms with Crippen LogP contribution in [0.15, 0.2) is 36.8 Å². The number of anilines is 1. The molecule has 0 spiro atoms. The van der Waals surface area contributed by atoms with Crippen molar-refractivity contribution >= 4 is 40.4 Å². The van der Waals surface area contributed by atoms with E-state index in [4.69, 9.17) is 11.6 Å². The van der Waals surface area contributed by atoms with Crippen LogP contribution in [-0.4, -0.2) is 77.6 Å². The lowest BCUT2D eigenvalue weighted by Crippen LogP contribution is -2.66. The Hall–Kier alpha value is -2.67. The van der Waals surface area contributed by atoms with Crippen LogP contribution in [0.2, 0.25) is 5.02 Å². The van der Waals surface area contributed by atoms with Crippen LogP contribution >= 0.6 is 11.6 Å². The normalized spacial score (nSPS) is 23.2. The fraction of sp³-hybridized carbons (Fsp3) is 0.450. The number of amides is 3. The first-order valence-electron chi connectivity index (χ1n) is 10.5. The number of aryl methyl sites for hydroxylation is 1. The molecule has 2 aromatic rings. The molecule has 3 atom stereocenters. The van der Waals surface area contributed by atoms with Crippen molar-refractivity contribution in [2.24, 2.45) is 0 Å².